The van der Waals surface area contributed by atoms with Gasteiger partial charge in [0.05, 0.1) is 18.5 Å². The average molecular weight is 353 g/mol. The molecule has 0 aliphatic carbocycles. The summed E-state index contributed by atoms with van der Waals surface area (Å²) < 4.78 is 7.44. The summed E-state index contributed by atoms with van der Waals surface area (Å²) in [6.45, 7) is 4.90. The molecular formula is C19H23N5O2. The van der Waals surface area contributed by atoms with Crippen LogP contribution in [-0.4, -0.2) is 27.3 Å². The molecule has 7 nitrogen and oxygen atoms in total. The number of amides is 1. The molecule has 0 radical (unpaired) electrons. The average Bonchev–Trinajstić information content (AvgIpc) is 3.07. The lowest BCUT2D eigenvalue weighted by atomic mass is 10.1. The quantitative estimate of drug-likeness (QED) is 0.861. The van der Waals surface area contributed by atoms with Crippen LogP contribution in [0.15, 0.2) is 24.3 Å². The van der Waals surface area contributed by atoms with Crippen molar-refractivity contribution in [3.63, 3.8) is 0 Å². The number of fused-ring (bicyclic) bond motifs is 1. The maximum atomic E-state index is 12.3. The van der Waals surface area contributed by atoms with Crippen molar-refractivity contribution in [3.05, 3.63) is 41.5 Å². The predicted molar refractivity (Wildman–Crippen MR) is 95.5 cm³/mol. The van der Waals surface area contributed by atoms with E-state index in [4.69, 9.17) is 10.00 Å². The third-order valence-electron chi connectivity index (χ3n) is 4.32. The van der Waals surface area contributed by atoms with Gasteiger partial charge in [-0.3, -0.25) is 4.79 Å². The van der Waals surface area contributed by atoms with Crippen molar-refractivity contribution in [2.24, 2.45) is 0 Å². The van der Waals surface area contributed by atoms with Crippen LogP contribution in [0.3, 0.4) is 0 Å². The zero-order valence-corrected chi connectivity index (χ0v) is 15.1. The largest absolute Gasteiger partial charge is 0.484 e. The fraction of sp³-hybridized carbons (Fsp3) is 0.474. The number of aryl methyl sites for hydroxylation is 1. The van der Waals surface area contributed by atoms with E-state index in [0.717, 1.165) is 36.6 Å². The van der Waals surface area contributed by atoms with Crippen LogP contribution >= 0.6 is 0 Å². The van der Waals surface area contributed by atoms with Gasteiger partial charge in [0, 0.05) is 12.5 Å². The summed E-state index contributed by atoms with van der Waals surface area (Å²) in [6.07, 6.45) is 2.17. The van der Waals surface area contributed by atoms with Gasteiger partial charge in [-0.05, 0) is 30.5 Å². The molecule has 1 amide bonds. The van der Waals surface area contributed by atoms with Crippen LogP contribution in [0.1, 0.15) is 55.9 Å². The molecule has 0 unspecified atom stereocenters. The van der Waals surface area contributed by atoms with Gasteiger partial charge in [0.2, 0.25) is 0 Å². The molecule has 136 valence electrons. The van der Waals surface area contributed by atoms with Gasteiger partial charge >= 0.3 is 0 Å². The molecule has 3 rings (SSSR count). The zero-order valence-electron chi connectivity index (χ0n) is 15.1. The number of nitriles is 1. The Labute approximate surface area is 153 Å². The highest BCUT2D eigenvalue weighted by atomic mass is 16.5. The van der Waals surface area contributed by atoms with Crippen molar-refractivity contribution in [1.82, 2.24) is 20.1 Å². The fourth-order valence-corrected chi connectivity index (χ4v) is 2.93. The van der Waals surface area contributed by atoms with Crippen LogP contribution < -0.4 is 10.1 Å². The molecule has 0 saturated carbocycles. The molecule has 0 spiro atoms. The van der Waals surface area contributed by atoms with Crippen molar-refractivity contribution in [3.8, 4) is 11.8 Å². The number of ether oxygens (including phenoxy) is 1. The number of carbonyl (C=O) groups is 1. The summed E-state index contributed by atoms with van der Waals surface area (Å²) in [7, 11) is 0. The molecule has 1 aromatic heterocycles. The van der Waals surface area contributed by atoms with E-state index in [9.17, 15) is 4.79 Å². The second kappa shape index (κ2) is 8.00. The number of aromatic nitrogens is 3. The number of nitrogens with zero attached hydrogens (tertiary/aromatic N) is 4. The molecule has 26 heavy (non-hydrogen) atoms. The lowest BCUT2D eigenvalue weighted by Crippen LogP contribution is -2.36. The van der Waals surface area contributed by atoms with Gasteiger partial charge in [-0.1, -0.05) is 26.0 Å². The van der Waals surface area contributed by atoms with Gasteiger partial charge in [0.15, 0.2) is 12.4 Å². The van der Waals surface area contributed by atoms with Gasteiger partial charge in [0.1, 0.15) is 11.6 Å². The molecule has 2 heterocycles. The van der Waals surface area contributed by atoms with E-state index in [1.165, 1.54) is 0 Å². The molecule has 2 aromatic rings. The third kappa shape index (κ3) is 4.20. The minimum Gasteiger partial charge on any atom is -0.484 e. The van der Waals surface area contributed by atoms with Crippen molar-refractivity contribution in [1.29, 1.82) is 5.26 Å². The van der Waals surface area contributed by atoms with Crippen molar-refractivity contribution >= 4 is 5.91 Å². The van der Waals surface area contributed by atoms with Gasteiger partial charge in [-0.25, -0.2) is 9.67 Å². The number of hydrogen-bond acceptors (Lipinski definition) is 5. The molecule has 0 fully saturated rings. The third-order valence-corrected chi connectivity index (χ3v) is 4.32. The van der Waals surface area contributed by atoms with Crippen LogP contribution in [0.2, 0.25) is 0 Å². The number of carbonyl (C=O) groups excluding carboxylic acids is 1. The summed E-state index contributed by atoms with van der Waals surface area (Å²) in [5.41, 5.74) is 0.923. The first-order valence-electron chi connectivity index (χ1n) is 8.89. The highest BCUT2D eigenvalue weighted by Gasteiger charge is 2.26. The van der Waals surface area contributed by atoms with Crippen LogP contribution in [0.25, 0.3) is 0 Å². The summed E-state index contributed by atoms with van der Waals surface area (Å²) in [4.78, 5) is 16.9. The Balaban J connectivity index is 1.56. The van der Waals surface area contributed by atoms with E-state index in [2.05, 4.69) is 35.3 Å². The second-order valence-corrected chi connectivity index (χ2v) is 6.74. The smallest absolute Gasteiger partial charge is 0.258 e. The summed E-state index contributed by atoms with van der Waals surface area (Å²) in [5, 5.41) is 16.2. The van der Waals surface area contributed by atoms with Crippen molar-refractivity contribution in [2.45, 2.75) is 51.6 Å². The molecule has 1 aliphatic heterocycles. The van der Waals surface area contributed by atoms with Crippen LogP contribution in [0.5, 0.6) is 5.75 Å². The minimum absolute atomic E-state index is 0.0563. The first-order chi connectivity index (χ1) is 12.6. The summed E-state index contributed by atoms with van der Waals surface area (Å²) >= 11 is 0. The number of nitrogens with one attached hydrogen (secondary N) is 1. The Hall–Kier alpha value is -2.88. The van der Waals surface area contributed by atoms with Crippen molar-refractivity contribution in [2.75, 3.05) is 6.61 Å². The minimum atomic E-state index is -0.182. The van der Waals surface area contributed by atoms with E-state index >= 15 is 0 Å². The highest BCUT2D eigenvalue weighted by Crippen LogP contribution is 2.24. The first-order valence-corrected chi connectivity index (χ1v) is 8.89. The van der Waals surface area contributed by atoms with Gasteiger partial charge in [-0.15, -0.1) is 0 Å². The monoisotopic (exact) mass is 353 g/mol. The van der Waals surface area contributed by atoms with E-state index in [1.807, 2.05) is 16.8 Å². The standard InChI is InChI=1S/C19H23N5O2/c1-13(2)18-22-19-16(4-3-11-24(19)23-18)21-17(25)12-26-15-7-5-14(6-8-15)9-10-20/h5-8,13,16H,3-4,9,11-12H2,1-2H3,(H,21,25)/t16-/m0/s1. The van der Waals surface area contributed by atoms with Crippen molar-refractivity contribution < 1.29 is 9.53 Å². The van der Waals surface area contributed by atoms with Crippen LogP contribution in [-0.2, 0) is 17.8 Å². The van der Waals surface area contributed by atoms with E-state index in [0.29, 0.717) is 12.2 Å². The number of rotatable bonds is 6. The van der Waals surface area contributed by atoms with E-state index < -0.39 is 0 Å². The first kappa shape index (κ1) is 17.9. The fourth-order valence-electron chi connectivity index (χ4n) is 2.93. The number of hydrogen-bond donors (Lipinski definition) is 1. The Morgan fingerprint density at radius 1 is 1.42 bits per heavy atom. The molecule has 0 saturated heterocycles. The summed E-state index contributed by atoms with van der Waals surface area (Å²) in [5.74, 6) is 2.33. The van der Waals surface area contributed by atoms with Crippen LogP contribution in [0, 0.1) is 11.3 Å². The molecule has 0 bridgehead atoms. The maximum absolute atomic E-state index is 12.3. The molecular weight excluding hydrogens is 330 g/mol. The SMILES string of the molecule is CC(C)c1nc2n(n1)CCC[C@@H]2NC(=O)COc1ccc(CC#N)cc1. The lowest BCUT2D eigenvalue weighted by Gasteiger charge is -2.23. The van der Waals surface area contributed by atoms with Gasteiger partial charge in [0.25, 0.3) is 5.91 Å². The van der Waals surface area contributed by atoms with E-state index in [-0.39, 0.29) is 24.5 Å². The topological polar surface area (TPSA) is 92.8 Å². The molecule has 1 atom stereocenters. The molecule has 7 heteroatoms. The number of benzene rings is 1. The van der Waals surface area contributed by atoms with E-state index in [1.54, 1.807) is 12.1 Å². The van der Waals surface area contributed by atoms with Gasteiger partial charge < -0.3 is 10.1 Å². The summed E-state index contributed by atoms with van der Waals surface area (Å²) in [6, 6.07) is 9.16. The Kier molecular flexibility index (Phi) is 5.52. The highest BCUT2D eigenvalue weighted by molar-refractivity contribution is 5.77. The Morgan fingerprint density at radius 2 is 2.19 bits per heavy atom. The zero-order chi connectivity index (χ0) is 18.5. The molecule has 1 aromatic carbocycles. The predicted octanol–water partition coefficient (Wildman–Crippen LogP) is 2.50. The van der Waals surface area contributed by atoms with Gasteiger partial charge in [-0.2, -0.15) is 10.4 Å². The maximum Gasteiger partial charge on any atom is 0.258 e. The second-order valence-electron chi connectivity index (χ2n) is 6.74. The molecule has 1 N–H and O–H groups in total. The van der Waals surface area contributed by atoms with Crippen LogP contribution in [0.4, 0.5) is 0 Å². The lowest BCUT2D eigenvalue weighted by molar-refractivity contribution is -0.124. The Bertz CT molecular complexity index is 804. The normalized spacial score (nSPS) is 16.0. The molecule has 1 aliphatic rings. The Morgan fingerprint density at radius 3 is 2.88 bits per heavy atom.